The highest BCUT2D eigenvalue weighted by Crippen LogP contribution is 2.25. The van der Waals surface area contributed by atoms with Crippen molar-refractivity contribution in [2.45, 2.75) is 20.8 Å². The van der Waals surface area contributed by atoms with Gasteiger partial charge in [-0.1, -0.05) is 0 Å². The molecule has 0 N–H and O–H groups in total. The molecule has 2 aromatic rings. The molecule has 21 heavy (non-hydrogen) atoms. The van der Waals surface area contributed by atoms with E-state index in [-0.39, 0.29) is 13.9 Å². The van der Waals surface area contributed by atoms with Crippen LogP contribution in [0.2, 0.25) is 0 Å². The Morgan fingerprint density at radius 2 is 1.33 bits per heavy atom. The fourth-order valence-electron chi connectivity index (χ4n) is 1.78. The SMILES string of the molecule is COc1ccc(S(=O)(=O)c2ccc(OC(C)I)cc2)cc1. The molecule has 0 heterocycles. The zero-order valence-electron chi connectivity index (χ0n) is 11.6. The molecule has 1 atom stereocenters. The Morgan fingerprint density at radius 1 is 0.905 bits per heavy atom. The summed E-state index contributed by atoms with van der Waals surface area (Å²) in [6.45, 7) is 1.91. The predicted molar refractivity (Wildman–Crippen MR) is 89.0 cm³/mol. The first-order valence-electron chi connectivity index (χ1n) is 6.23. The highest BCUT2D eigenvalue weighted by Gasteiger charge is 2.17. The van der Waals surface area contributed by atoms with Crippen LogP contribution in [0.15, 0.2) is 58.3 Å². The maximum Gasteiger partial charge on any atom is 0.206 e. The normalized spacial score (nSPS) is 12.7. The van der Waals surface area contributed by atoms with Crippen LogP contribution in [0.4, 0.5) is 0 Å². The maximum atomic E-state index is 12.5. The van der Waals surface area contributed by atoms with Crippen molar-refractivity contribution in [2.24, 2.45) is 0 Å². The molecule has 0 bridgehead atoms. The van der Waals surface area contributed by atoms with Crippen molar-refractivity contribution in [3.63, 3.8) is 0 Å². The number of alkyl halides is 1. The smallest absolute Gasteiger partial charge is 0.206 e. The van der Waals surface area contributed by atoms with Crippen LogP contribution in [0.25, 0.3) is 0 Å². The molecule has 6 heteroatoms. The molecule has 0 aromatic heterocycles. The van der Waals surface area contributed by atoms with E-state index in [0.717, 1.165) is 0 Å². The topological polar surface area (TPSA) is 52.6 Å². The predicted octanol–water partition coefficient (Wildman–Crippen LogP) is 3.69. The quantitative estimate of drug-likeness (QED) is 0.549. The summed E-state index contributed by atoms with van der Waals surface area (Å²) in [7, 11) is -1.98. The largest absolute Gasteiger partial charge is 0.497 e. The molecule has 2 rings (SSSR count). The molecule has 4 nitrogen and oxygen atoms in total. The Morgan fingerprint density at radius 3 is 1.71 bits per heavy atom. The van der Waals surface area contributed by atoms with Gasteiger partial charge in [0.2, 0.25) is 9.84 Å². The number of sulfone groups is 1. The van der Waals surface area contributed by atoms with E-state index in [4.69, 9.17) is 9.47 Å². The number of methoxy groups -OCH3 is 1. The van der Waals surface area contributed by atoms with E-state index in [0.29, 0.717) is 11.5 Å². The van der Waals surface area contributed by atoms with Crippen LogP contribution in [-0.2, 0) is 9.84 Å². The molecule has 1 unspecified atom stereocenters. The number of hydrogen-bond acceptors (Lipinski definition) is 4. The van der Waals surface area contributed by atoms with Crippen molar-refractivity contribution in [3.05, 3.63) is 48.5 Å². The lowest BCUT2D eigenvalue weighted by Gasteiger charge is -2.09. The van der Waals surface area contributed by atoms with Crippen LogP contribution in [0.5, 0.6) is 11.5 Å². The number of benzene rings is 2. The molecule has 0 aliphatic heterocycles. The van der Waals surface area contributed by atoms with E-state index >= 15 is 0 Å². The lowest BCUT2D eigenvalue weighted by atomic mass is 10.3. The summed E-state index contributed by atoms with van der Waals surface area (Å²) in [6.07, 6.45) is 0. The second kappa shape index (κ2) is 6.65. The van der Waals surface area contributed by atoms with E-state index in [2.05, 4.69) is 22.6 Å². The van der Waals surface area contributed by atoms with Crippen LogP contribution in [0.3, 0.4) is 0 Å². The highest BCUT2D eigenvalue weighted by molar-refractivity contribution is 14.1. The number of rotatable bonds is 5. The van der Waals surface area contributed by atoms with Crippen molar-refractivity contribution in [1.29, 1.82) is 0 Å². The minimum Gasteiger partial charge on any atom is -0.497 e. The van der Waals surface area contributed by atoms with Crippen molar-refractivity contribution >= 4 is 32.4 Å². The van der Waals surface area contributed by atoms with Crippen LogP contribution >= 0.6 is 22.6 Å². The van der Waals surface area contributed by atoms with E-state index < -0.39 is 9.84 Å². The molecule has 0 saturated carbocycles. The van der Waals surface area contributed by atoms with Gasteiger partial charge in [-0.15, -0.1) is 0 Å². The summed E-state index contributed by atoms with van der Waals surface area (Å²) < 4.78 is 35.5. The van der Waals surface area contributed by atoms with Gasteiger partial charge in [-0.05, 0) is 78.0 Å². The molecule has 0 fully saturated rings. The van der Waals surface area contributed by atoms with Gasteiger partial charge in [0.25, 0.3) is 0 Å². The summed E-state index contributed by atoms with van der Waals surface area (Å²) in [5, 5.41) is 0. The Balaban J connectivity index is 2.30. The van der Waals surface area contributed by atoms with Gasteiger partial charge < -0.3 is 9.47 Å². The average Bonchev–Trinajstić information content (AvgIpc) is 2.47. The fraction of sp³-hybridized carbons (Fsp3) is 0.200. The van der Waals surface area contributed by atoms with Crippen LogP contribution < -0.4 is 9.47 Å². The number of hydrogen-bond donors (Lipinski definition) is 0. The summed E-state index contributed by atoms with van der Waals surface area (Å²) in [5.41, 5.74) is 0. The Kier molecular flexibility index (Phi) is 5.10. The third kappa shape index (κ3) is 3.88. The van der Waals surface area contributed by atoms with E-state index in [1.807, 2.05) is 6.92 Å². The average molecular weight is 418 g/mol. The monoisotopic (exact) mass is 418 g/mol. The third-order valence-electron chi connectivity index (χ3n) is 2.80. The molecule has 112 valence electrons. The second-order valence-corrected chi connectivity index (χ2v) is 8.02. The first-order chi connectivity index (χ1) is 9.93. The van der Waals surface area contributed by atoms with Gasteiger partial charge in [-0.25, -0.2) is 8.42 Å². The zero-order chi connectivity index (χ0) is 15.5. The van der Waals surface area contributed by atoms with Gasteiger partial charge in [0, 0.05) is 0 Å². The number of halogens is 1. The second-order valence-electron chi connectivity index (χ2n) is 4.31. The minimum absolute atomic E-state index is 0.0200. The lowest BCUT2D eigenvalue weighted by Crippen LogP contribution is -2.04. The van der Waals surface area contributed by atoms with Crippen LogP contribution in [0.1, 0.15) is 6.92 Å². The first kappa shape index (κ1) is 16.1. The van der Waals surface area contributed by atoms with E-state index in [1.54, 1.807) is 36.4 Å². The molecular formula is C15H15IO4S. The molecule has 0 aliphatic carbocycles. The Labute approximate surface area is 138 Å². The lowest BCUT2D eigenvalue weighted by molar-refractivity contribution is 0.322. The third-order valence-corrected chi connectivity index (χ3v) is 4.84. The summed E-state index contributed by atoms with van der Waals surface area (Å²) in [6, 6.07) is 12.7. The molecule has 2 aromatic carbocycles. The van der Waals surface area contributed by atoms with Crippen molar-refractivity contribution in [3.8, 4) is 11.5 Å². The zero-order valence-corrected chi connectivity index (χ0v) is 14.6. The minimum atomic E-state index is -3.52. The standard InChI is InChI=1S/C15H15IO4S/c1-11(16)20-13-5-9-15(10-6-13)21(17,18)14-7-3-12(19-2)4-8-14/h3-11H,1-2H3. The molecular weight excluding hydrogens is 403 g/mol. The van der Waals surface area contributed by atoms with Gasteiger partial charge in [0.1, 0.15) is 15.6 Å². The Bertz CT molecular complexity index is 691. The van der Waals surface area contributed by atoms with Gasteiger partial charge in [-0.3, -0.25) is 0 Å². The summed E-state index contributed by atoms with van der Waals surface area (Å²) >= 11 is 2.13. The van der Waals surface area contributed by atoms with Crippen molar-refractivity contribution < 1.29 is 17.9 Å². The molecule has 0 spiro atoms. The highest BCUT2D eigenvalue weighted by atomic mass is 127. The summed E-state index contributed by atoms with van der Waals surface area (Å²) in [5.74, 6) is 1.26. The van der Waals surface area contributed by atoms with Crippen LogP contribution in [0, 0.1) is 0 Å². The summed E-state index contributed by atoms with van der Waals surface area (Å²) in [4.78, 5) is 0.473. The van der Waals surface area contributed by atoms with Gasteiger partial charge in [0.05, 0.1) is 16.9 Å². The molecule has 0 aliphatic rings. The van der Waals surface area contributed by atoms with Gasteiger partial charge >= 0.3 is 0 Å². The maximum absolute atomic E-state index is 12.5. The van der Waals surface area contributed by atoms with Crippen molar-refractivity contribution in [1.82, 2.24) is 0 Å². The Hall–Kier alpha value is -1.28. The van der Waals surface area contributed by atoms with Gasteiger partial charge in [0.15, 0.2) is 0 Å². The molecule has 0 amide bonds. The van der Waals surface area contributed by atoms with Gasteiger partial charge in [-0.2, -0.15) is 0 Å². The molecule has 0 radical (unpaired) electrons. The molecule has 0 saturated heterocycles. The first-order valence-corrected chi connectivity index (χ1v) is 8.96. The van der Waals surface area contributed by atoms with E-state index in [1.165, 1.54) is 19.2 Å². The van der Waals surface area contributed by atoms with E-state index in [9.17, 15) is 8.42 Å². The number of ether oxygens (including phenoxy) is 2. The van der Waals surface area contributed by atoms with Crippen molar-refractivity contribution in [2.75, 3.05) is 7.11 Å². The fourth-order valence-corrected chi connectivity index (χ4v) is 3.33. The van der Waals surface area contributed by atoms with Crippen LogP contribution in [-0.4, -0.2) is 19.6 Å².